The molecule has 1 atom stereocenters. The van der Waals surface area contributed by atoms with E-state index in [1.807, 2.05) is 6.92 Å². The van der Waals surface area contributed by atoms with E-state index in [4.69, 9.17) is 27.9 Å². The summed E-state index contributed by atoms with van der Waals surface area (Å²) in [6.07, 6.45) is 2.67. The zero-order valence-corrected chi connectivity index (χ0v) is 26.8. The van der Waals surface area contributed by atoms with Crippen LogP contribution in [0, 0.1) is 19.8 Å². The molecule has 0 bridgehead atoms. The Labute approximate surface area is 251 Å². The van der Waals surface area contributed by atoms with Gasteiger partial charge in [-0.15, -0.1) is 23.2 Å². The molecular formula is C27H38Cl2FN7O3Si. The van der Waals surface area contributed by atoms with Crippen LogP contribution >= 0.6 is 23.2 Å². The summed E-state index contributed by atoms with van der Waals surface area (Å²) in [5.41, 5.74) is 2.57. The average molecular weight is 627 g/mol. The van der Waals surface area contributed by atoms with E-state index < -0.39 is 36.7 Å². The minimum Gasteiger partial charge on any atom is -0.360 e. The molecule has 0 aliphatic heterocycles. The van der Waals surface area contributed by atoms with Crippen LogP contribution in [0.25, 0.3) is 11.1 Å². The Morgan fingerprint density at radius 3 is 2.49 bits per heavy atom. The van der Waals surface area contributed by atoms with E-state index in [9.17, 15) is 9.59 Å². The first-order chi connectivity index (χ1) is 19.3. The van der Waals surface area contributed by atoms with E-state index in [0.717, 1.165) is 11.7 Å². The van der Waals surface area contributed by atoms with Gasteiger partial charge in [-0.3, -0.25) is 14.3 Å². The van der Waals surface area contributed by atoms with Gasteiger partial charge in [-0.1, -0.05) is 19.6 Å². The molecule has 0 radical (unpaired) electrons. The molecule has 0 aliphatic rings. The summed E-state index contributed by atoms with van der Waals surface area (Å²) in [6, 6.07) is 4.72. The molecule has 3 aromatic rings. The largest absolute Gasteiger partial charge is 0.360 e. The van der Waals surface area contributed by atoms with Gasteiger partial charge < -0.3 is 15.4 Å². The predicted octanol–water partition coefficient (Wildman–Crippen LogP) is 5.46. The normalized spacial score (nSPS) is 12.5. The number of nitrogens with zero attached hydrogens (tertiary/aromatic N) is 5. The minimum atomic E-state index is -1.21. The topological polar surface area (TPSA) is 116 Å². The van der Waals surface area contributed by atoms with Crippen LogP contribution in [0.5, 0.6) is 0 Å². The van der Waals surface area contributed by atoms with Gasteiger partial charge in [0.25, 0.3) is 5.91 Å². The Balaban J connectivity index is 1.73. The second kappa shape index (κ2) is 14.4. The molecule has 0 aliphatic carbocycles. The fraction of sp³-hybridized carbons (Fsp3) is 0.519. The molecule has 14 heteroatoms. The summed E-state index contributed by atoms with van der Waals surface area (Å²) >= 11 is 11.7. The first-order valence-corrected chi connectivity index (χ1v) is 18.0. The molecule has 3 rings (SSSR count). The van der Waals surface area contributed by atoms with E-state index in [0.29, 0.717) is 30.7 Å². The number of anilines is 1. The van der Waals surface area contributed by atoms with Crippen LogP contribution in [0.2, 0.25) is 25.7 Å². The lowest BCUT2D eigenvalue weighted by Crippen LogP contribution is -2.44. The second-order valence-electron chi connectivity index (χ2n) is 11.1. The lowest BCUT2D eigenvalue weighted by molar-refractivity contribution is -0.118. The van der Waals surface area contributed by atoms with Crippen molar-refractivity contribution >= 4 is 48.9 Å². The summed E-state index contributed by atoms with van der Waals surface area (Å²) in [5, 5.41) is 13.8. The number of amides is 2. The minimum absolute atomic E-state index is 0.0148. The fourth-order valence-electron chi connectivity index (χ4n) is 4.22. The van der Waals surface area contributed by atoms with Crippen molar-refractivity contribution in [2.45, 2.75) is 76.4 Å². The van der Waals surface area contributed by atoms with Gasteiger partial charge in [0.1, 0.15) is 29.1 Å². The number of aromatic nitrogens is 5. The zero-order chi connectivity index (χ0) is 30.3. The van der Waals surface area contributed by atoms with Gasteiger partial charge in [-0.2, -0.15) is 14.6 Å². The molecule has 224 valence electrons. The van der Waals surface area contributed by atoms with Crippen molar-refractivity contribution in [2.75, 3.05) is 11.9 Å². The van der Waals surface area contributed by atoms with Crippen molar-refractivity contribution in [3.8, 4) is 11.1 Å². The number of ether oxygens (including phenoxy) is 1. The number of pyridine rings is 1. The van der Waals surface area contributed by atoms with Crippen molar-refractivity contribution in [2.24, 2.45) is 7.05 Å². The second-order valence-corrected chi connectivity index (χ2v) is 18.0. The van der Waals surface area contributed by atoms with Gasteiger partial charge in [0, 0.05) is 44.7 Å². The molecule has 0 saturated heterocycles. The summed E-state index contributed by atoms with van der Waals surface area (Å²) < 4.78 is 24.2. The maximum Gasteiger partial charge on any atom is 0.270 e. The maximum atomic E-state index is 15.3. The van der Waals surface area contributed by atoms with Crippen LogP contribution < -0.4 is 10.6 Å². The third-order valence-corrected chi connectivity index (χ3v) is 8.69. The van der Waals surface area contributed by atoms with Crippen LogP contribution in [-0.4, -0.2) is 61.9 Å². The molecule has 0 unspecified atom stereocenters. The zero-order valence-electron chi connectivity index (χ0n) is 24.3. The summed E-state index contributed by atoms with van der Waals surface area (Å²) in [4.78, 5) is 29.3. The van der Waals surface area contributed by atoms with E-state index >= 15 is 4.39 Å². The van der Waals surface area contributed by atoms with Crippen LogP contribution in [0.3, 0.4) is 0 Å². The van der Waals surface area contributed by atoms with Crippen LogP contribution in [0.15, 0.2) is 24.4 Å². The number of hydrogen-bond acceptors (Lipinski definition) is 6. The molecule has 0 saturated carbocycles. The Morgan fingerprint density at radius 1 is 1.15 bits per heavy atom. The smallest absolute Gasteiger partial charge is 0.270 e. The van der Waals surface area contributed by atoms with Gasteiger partial charge in [0.15, 0.2) is 0 Å². The molecule has 0 spiro atoms. The van der Waals surface area contributed by atoms with Crippen molar-refractivity contribution < 1.29 is 18.7 Å². The SMILES string of the molecule is Cc1nn(COCC[Si](C)(C)C)c(C)c1-c1ccc(NC(=O)[C@H](CCCC(Cl)Cl)NC(=O)c2ccnn2C)nc1F. The first kappa shape index (κ1) is 32.7. The van der Waals surface area contributed by atoms with E-state index in [2.05, 4.69) is 45.5 Å². The van der Waals surface area contributed by atoms with Gasteiger partial charge >= 0.3 is 0 Å². The number of hydrogen-bond donors (Lipinski definition) is 2. The molecule has 10 nitrogen and oxygen atoms in total. The maximum absolute atomic E-state index is 15.3. The molecule has 0 aromatic carbocycles. The number of carbonyl (C=O) groups excluding carboxylic acids is 2. The highest BCUT2D eigenvalue weighted by Gasteiger charge is 2.24. The van der Waals surface area contributed by atoms with Crippen LogP contribution in [-0.2, 0) is 23.3 Å². The van der Waals surface area contributed by atoms with Crippen molar-refractivity contribution in [3.63, 3.8) is 0 Å². The van der Waals surface area contributed by atoms with Crippen molar-refractivity contribution in [1.82, 2.24) is 29.9 Å². The Morgan fingerprint density at radius 2 is 1.88 bits per heavy atom. The third-order valence-electron chi connectivity index (χ3n) is 6.55. The van der Waals surface area contributed by atoms with Gasteiger partial charge in [0.05, 0.1) is 5.69 Å². The molecular weight excluding hydrogens is 588 g/mol. The molecule has 3 heterocycles. The van der Waals surface area contributed by atoms with Gasteiger partial charge in [-0.25, -0.2) is 9.67 Å². The Kier molecular flexibility index (Phi) is 11.5. The molecule has 0 fully saturated rings. The highest BCUT2D eigenvalue weighted by atomic mass is 35.5. The molecule has 2 amide bonds. The lowest BCUT2D eigenvalue weighted by atomic mass is 10.1. The van der Waals surface area contributed by atoms with E-state index in [1.165, 1.54) is 16.9 Å². The Bertz CT molecular complexity index is 1360. The third kappa shape index (κ3) is 9.35. The van der Waals surface area contributed by atoms with Crippen molar-refractivity contribution in [3.05, 3.63) is 47.4 Å². The fourth-order valence-corrected chi connectivity index (χ4v) is 5.28. The Hall–Kier alpha value is -2.80. The number of nitrogens with one attached hydrogen (secondary N) is 2. The number of alkyl halides is 2. The monoisotopic (exact) mass is 625 g/mol. The van der Waals surface area contributed by atoms with Crippen LogP contribution in [0.1, 0.15) is 41.1 Å². The number of carbonyl (C=O) groups is 2. The van der Waals surface area contributed by atoms with Gasteiger partial charge in [-0.05, 0) is 57.4 Å². The quantitative estimate of drug-likeness (QED) is 0.106. The number of rotatable bonds is 14. The average Bonchev–Trinajstić information content (AvgIpc) is 3.42. The van der Waals surface area contributed by atoms with E-state index in [1.54, 1.807) is 30.8 Å². The first-order valence-electron chi connectivity index (χ1n) is 13.4. The highest BCUT2D eigenvalue weighted by molar-refractivity contribution is 6.76. The number of aryl methyl sites for hydroxylation is 2. The highest BCUT2D eigenvalue weighted by Crippen LogP contribution is 2.29. The summed E-state index contributed by atoms with van der Waals surface area (Å²) in [6.45, 7) is 11.4. The van der Waals surface area contributed by atoms with E-state index in [-0.39, 0.29) is 30.2 Å². The molecule has 41 heavy (non-hydrogen) atoms. The molecule has 2 N–H and O–H groups in total. The standard InChI is InChI=1S/C27H38Cl2FN7O3Si/c1-17-24(18(2)37(35-17)16-40-14-15-41(4,5)6)19-10-11-23(33-25(19)30)34-26(38)20(8-7-9-22(28)29)32-27(39)21-12-13-31-36(21)3/h10-13,20,22H,7-9,14-16H2,1-6H3,(H,32,39)(H,33,34,38)/t20-/m0/s1. The summed E-state index contributed by atoms with van der Waals surface area (Å²) in [5.74, 6) is -1.76. The van der Waals surface area contributed by atoms with Crippen molar-refractivity contribution in [1.29, 1.82) is 0 Å². The summed E-state index contributed by atoms with van der Waals surface area (Å²) in [7, 11) is 0.412. The number of halogens is 3. The van der Waals surface area contributed by atoms with Crippen LogP contribution in [0.4, 0.5) is 10.2 Å². The van der Waals surface area contributed by atoms with Gasteiger partial charge in [0.2, 0.25) is 11.9 Å². The predicted molar refractivity (Wildman–Crippen MR) is 161 cm³/mol. The lowest BCUT2D eigenvalue weighted by Gasteiger charge is -2.18. The molecule has 3 aromatic heterocycles.